The van der Waals surface area contributed by atoms with Crippen molar-refractivity contribution in [1.82, 2.24) is 9.97 Å². The molecule has 0 saturated heterocycles. The Morgan fingerprint density at radius 1 is 1.23 bits per heavy atom. The molecule has 0 spiro atoms. The third kappa shape index (κ3) is 3.67. The number of hydrogen-bond acceptors (Lipinski definition) is 5. The van der Waals surface area contributed by atoms with Gasteiger partial charge in [-0.1, -0.05) is 11.8 Å². The van der Waals surface area contributed by atoms with Gasteiger partial charge in [0, 0.05) is 5.56 Å². The van der Waals surface area contributed by atoms with Gasteiger partial charge in [-0.15, -0.1) is 0 Å². The highest BCUT2D eigenvalue weighted by Gasteiger charge is 2.17. The molecule has 0 fully saturated rings. The van der Waals surface area contributed by atoms with Gasteiger partial charge in [0.15, 0.2) is 10.9 Å². The maximum Gasteiger partial charge on any atom is 0.313 e. The van der Waals surface area contributed by atoms with E-state index in [1.165, 1.54) is 31.2 Å². The lowest BCUT2D eigenvalue weighted by atomic mass is 10.0. The van der Waals surface area contributed by atoms with Crippen LogP contribution in [0, 0.1) is 12.7 Å². The average molecular weight is 320 g/mol. The number of benzene rings is 1. The zero-order valence-electron chi connectivity index (χ0n) is 12.0. The van der Waals surface area contributed by atoms with Gasteiger partial charge in [0.25, 0.3) is 0 Å². The molecule has 0 aliphatic carbocycles. The number of aryl methyl sites for hydroxylation is 1. The minimum absolute atomic E-state index is 0.179. The molecule has 0 aliphatic heterocycles. The number of ketones is 1. The number of rotatable bonds is 5. The molecule has 0 aliphatic rings. The molecular weight excluding hydrogens is 307 g/mol. The van der Waals surface area contributed by atoms with Crippen LogP contribution >= 0.6 is 11.8 Å². The molecule has 1 heterocycles. The number of carboxylic acids is 1. The monoisotopic (exact) mass is 320 g/mol. The molecule has 7 heteroatoms. The van der Waals surface area contributed by atoms with Crippen molar-refractivity contribution < 1.29 is 19.1 Å². The number of carbonyl (C=O) groups is 2. The summed E-state index contributed by atoms with van der Waals surface area (Å²) in [5.74, 6) is -1.75. The second kappa shape index (κ2) is 6.65. The number of carboxylic acid groups (broad SMARTS) is 1. The van der Waals surface area contributed by atoms with Crippen molar-refractivity contribution in [1.29, 1.82) is 0 Å². The van der Waals surface area contributed by atoms with Crippen molar-refractivity contribution in [3.63, 3.8) is 0 Å². The van der Waals surface area contributed by atoms with Gasteiger partial charge in [0.05, 0.1) is 22.7 Å². The fourth-order valence-corrected chi connectivity index (χ4v) is 2.59. The first-order valence-corrected chi connectivity index (χ1v) is 7.37. The fourth-order valence-electron chi connectivity index (χ4n) is 1.98. The molecule has 0 unspecified atom stereocenters. The maximum absolute atomic E-state index is 13.1. The van der Waals surface area contributed by atoms with Crippen LogP contribution in [0.4, 0.5) is 4.39 Å². The standard InChI is InChI=1S/C15H13FN2O3S/c1-8-13(9(2)19)14(10-3-5-11(16)6-4-10)18-15(17-8)22-7-12(20)21/h3-6H,7H2,1-2H3,(H,20,21). The molecule has 1 N–H and O–H groups in total. The Morgan fingerprint density at radius 2 is 1.86 bits per heavy atom. The number of aromatic nitrogens is 2. The smallest absolute Gasteiger partial charge is 0.313 e. The summed E-state index contributed by atoms with van der Waals surface area (Å²) in [6.07, 6.45) is 0. The van der Waals surface area contributed by atoms with Gasteiger partial charge >= 0.3 is 5.97 Å². The normalized spacial score (nSPS) is 10.5. The van der Waals surface area contributed by atoms with Crippen molar-refractivity contribution in [2.75, 3.05) is 5.75 Å². The fraction of sp³-hybridized carbons (Fsp3) is 0.200. The summed E-state index contributed by atoms with van der Waals surface area (Å²) in [6, 6.07) is 5.60. The highest BCUT2D eigenvalue weighted by atomic mass is 32.2. The van der Waals surface area contributed by atoms with Crippen molar-refractivity contribution in [3.8, 4) is 11.3 Å². The Balaban J connectivity index is 2.54. The summed E-state index contributed by atoms with van der Waals surface area (Å²) < 4.78 is 13.1. The van der Waals surface area contributed by atoms with E-state index in [9.17, 15) is 14.0 Å². The van der Waals surface area contributed by atoms with Gasteiger partial charge in [-0.05, 0) is 38.1 Å². The van der Waals surface area contributed by atoms with Crippen molar-refractivity contribution in [3.05, 3.63) is 41.3 Å². The van der Waals surface area contributed by atoms with E-state index < -0.39 is 5.97 Å². The number of Topliss-reactive ketones (excluding diaryl/α,β-unsaturated/α-hetero) is 1. The molecular formula is C15H13FN2O3S. The molecule has 1 aromatic heterocycles. The van der Waals surface area contributed by atoms with E-state index >= 15 is 0 Å². The summed E-state index contributed by atoms with van der Waals surface area (Å²) in [4.78, 5) is 30.9. The second-order valence-corrected chi connectivity index (χ2v) is 5.50. The molecule has 0 saturated carbocycles. The van der Waals surface area contributed by atoms with E-state index in [0.29, 0.717) is 22.5 Å². The minimum atomic E-state index is -0.981. The predicted molar refractivity (Wildman–Crippen MR) is 80.5 cm³/mol. The van der Waals surface area contributed by atoms with Crippen LogP contribution in [-0.2, 0) is 4.79 Å². The highest BCUT2D eigenvalue weighted by Crippen LogP contribution is 2.27. The van der Waals surface area contributed by atoms with E-state index in [4.69, 9.17) is 5.11 Å². The van der Waals surface area contributed by atoms with Gasteiger partial charge in [0.2, 0.25) is 0 Å². The van der Waals surface area contributed by atoms with Gasteiger partial charge < -0.3 is 5.11 Å². The Bertz CT molecular complexity index is 732. The van der Waals surface area contributed by atoms with Crippen LogP contribution in [0.1, 0.15) is 23.0 Å². The summed E-state index contributed by atoms with van der Waals surface area (Å²) >= 11 is 0.968. The maximum atomic E-state index is 13.1. The van der Waals surface area contributed by atoms with E-state index in [1.807, 2.05) is 0 Å². The first-order chi connectivity index (χ1) is 10.4. The van der Waals surface area contributed by atoms with Crippen molar-refractivity contribution in [2.24, 2.45) is 0 Å². The lowest BCUT2D eigenvalue weighted by Gasteiger charge is -2.11. The lowest BCUT2D eigenvalue weighted by Crippen LogP contribution is -2.07. The lowest BCUT2D eigenvalue weighted by molar-refractivity contribution is -0.133. The summed E-state index contributed by atoms with van der Waals surface area (Å²) in [7, 11) is 0. The van der Waals surface area contributed by atoms with E-state index in [1.54, 1.807) is 6.92 Å². The summed E-state index contributed by atoms with van der Waals surface area (Å²) in [5, 5.41) is 9.00. The van der Waals surface area contributed by atoms with Gasteiger partial charge in [-0.25, -0.2) is 14.4 Å². The number of halogens is 1. The Morgan fingerprint density at radius 3 is 2.41 bits per heavy atom. The van der Waals surface area contributed by atoms with Crippen LogP contribution in [0.3, 0.4) is 0 Å². The number of nitrogens with zero attached hydrogens (tertiary/aromatic N) is 2. The first-order valence-electron chi connectivity index (χ1n) is 6.38. The van der Waals surface area contributed by atoms with Crippen LogP contribution < -0.4 is 0 Å². The van der Waals surface area contributed by atoms with E-state index in [-0.39, 0.29) is 22.5 Å². The molecule has 1 aromatic carbocycles. The molecule has 0 amide bonds. The molecule has 0 atom stereocenters. The Labute approximate surface area is 130 Å². The Kier molecular flexibility index (Phi) is 4.87. The minimum Gasteiger partial charge on any atom is -0.481 e. The van der Waals surface area contributed by atoms with Gasteiger partial charge in [0.1, 0.15) is 5.82 Å². The molecule has 0 radical (unpaired) electrons. The van der Waals surface area contributed by atoms with Crippen LogP contribution in [0.2, 0.25) is 0 Å². The van der Waals surface area contributed by atoms with Crippen LogP contribution in [-0.4, -0.2) is 32.6 Å². The quantitative estimate of drug-likeness (QED) is 0.518. The average Bonchev–Trinajstić information content (AvgIpc) is 2.44. The topological polar surface area (TPSA) is 80.2 Å². The summed E-state index contributed by atoms with van der Waals surface area (Å²) in [6.45, 7) is 3.07. The molecule has 5 nitrogen and oxygen atoms in total. The van der Waals surface area contributed by atoms with E-state index in [2.05, 4.69) is 9.97 Å². The third-order valence-electron chi connectivity index (χ3n) is 2.86. The molecule has 2 aromatic rings. The SMILES string of the molecule is CC(=O)c1c(C)nc(SCC(=O)O)nc1-c1ccc(F)cc1. The summed E-state index contributed by atoms with van der Waals surface area (Å²) in [5.41, 5.74) is 1.78. The van der Waals surface area contributed by atoms with Crippen molar-refractivity contribution in [2.45, 2.75) is 19.0 Å². The van der Waals surface area contributed by atoms with Crippen LogP contribution in [0.15, 0.2) is 29.4 Å². The number of carbonyl (C=O) groups excluding carboxylic acids is 1. The zero-order valence-corrected chi connectivity index (χ0v) is 12.8. The number of aliphatic carboxylic acids is 1. The number of thioether (sulfide) groups is 1. The Hall–Kier alpha value is -2.28. The molecule has 0 bridgehead atoms. The van der Waals surface area contributed by atoms with Crippen LogP contribution in [0.25, 0.3) is 11.3 Å². The molecule has 114 valence electrons. The first kappa shape index (κ1) is 16.1. The van der Waals surface area contributed by atoms with Gasteiger partial charge in [-0.3, -0.25) is 9.59 Å². The molecule has 22 heavy (non-hydrogen) atoms. The third-order valence-corrected chi connectivity index (χ3v) is 3.70. The predicted octanol–water partition coefficient (Wildman–Crippen LogP) is 2.97. The zero-order chi connectivity index (χ0) is 16.3. The van der Waals surface area contributed by atoms with Gasteiger partial charge in [-0.2, -0.15) is 0 Å². The second-order valence-electron chi connectivity index (χ2n) is 4.56. The highest BCUT2D eigenvalue weighted by molar-refractivity contribution is 7.99. The molecule has 2 rings (SSSR count). The number of hydrogen-bond donors (Lipinski definition) is 1. The van der Waals surface area contributed by atoms with E-state index in [0.717, 1.165) is 11.8 Å². The van der Waals surface area contributed by atoms with Crippen LogP contribution in [0.5, 0.6) is 0 Å². The largest absolute Gasteiger partial charge is 0.481 e. The van der Waals surface area contributed by atoms with Crippen molar-refractivity contribution >= 4 is 23.5 Å².